The van der Waals surface area contributed by atoms with Crippen LogP contribution in [0, 0.1) is 29.1 Å². The van der Waals surface area contributed by atoms with Gasteiger partial charge in [-0.3, -0.25) is 4.79 Å². The SMILES string of the molecule is CCc1ccc(C(=O)[C@H]2CCC3[C@@H]4CC[C@]5(N)CN(C)CC[C@]5(N)C4CC[C@@]32C)cc1. The van der Waals surface area contributed by atoms with E-state index in [0.717, 1.165) is 57.2 Å². The summed E-state index contributed by atoms with van der Waals surface area (Å²) in [6.07, 6.45) is 8.69. The molecular formula is C27H41N3O. The maximum atomic E-state index is 13.6. The summed E-state index contributed by atoms with van der Waals surface area (Å²) in [5.74, 6) is 2.28. The number of nitrogens with zero attached hydrogens (tertiary/aromatic N) is 1. The first-order valence-electron chi connectivity index (χ1n) is 12.6. The van der Waals surface area contributed by atoms with Crippen molar-refractivity contribution >= 4 is 5.78 Å². The molecule has 31 heavy (non-hydrogen) atoms. The van der Waals surface area contributed by atoms with E-state index in [1.54, 1.807) is 0 Å². The molecule has 4 heteroatoms. The van der Waals surface area contributed by atoms with Gasteiger partial charge in [-0.1, -0.05) is 38.1 Å². The van der Waals surface area contributed by atoms with Gasteiger partial charge in [-0.05, 0) is 93.7 Å². The minimum Gasteiger partial charge on any atom is -0.323 e. The Morgan fingerprint density at radius 1 is 1.03 bits per heavy atom. The van der Waals surface area contributed by atoms with Crippen LogP contribution >= 0.6 is 0 Å². The van der Waals surface area contributed by atoms with Gasteiger partial charge in [-0.25, -0.2) is 0 Å². The fourth-order valence-electron chi connectivity index (χ4n) is 8.49. The molecule has 0 amide bonds. The zero-order valence-electron chi connectivity index (χ0n) is 19.7. The second kappa shape index (κ2) is 7.40. The number of Topliss-reactive ketones (excluding diaryl/α,β-unsaturated/α-hetero) is 1. The highest BCUT2D eigenvalue weighted by Crippen LogP contribution is 2.64. The second-order valence-corrected chi connectivity index (χ2v) is 11.7. The van der Waals surface area contributed by atoms with Gasteiger partial charge in [0.25, 0.3) is 0 Å². The Morgan fingerprint density at radius 3 is 2.48 bits per heavy atom. The number of fused-ring (bicyclic) bond motifs is 5. The third-order valence-electron chi connectivity index (χ3n) is 10.4. The minimum atomic E-state index is -0.260. The first-order chi connectivity index (χ1) is 14.7. The number of rotatable bonds is 3. The molecule has 1 aromatic carbocycles. The van der Waals surface area contributed by atoms with E-state index in [-0.39, 0.29) is 22.4 Å². The highest BCUT2D eigenvalue weighted by molar-refractivity contribution is 5.98. The molecule has 3 saturated carbocycles. The van der Waals surface area contributed by atoms with Crippen LogP contribution in [0.1, 0.15) is 74.7 Å². The Labute approximate surface area is 188 Å². The van der Waals surface area contributed by atoms with Crippen LogP contribution in [0.5, 0.6) is 0 Å². The van der Waals surface area contributed by atoms with E-state index in [0.29, 0.717) is 23.5 Å². The molecule has 4 aliphatic rings. The highest BCUT2D eigenvalue weighted by atomic mass is 16.1. The van der Waals surface area contributed by atoms with Crippen molar-refractivity contribution in [1.29, 1.82) is 0 Å². The van der Waals surface area contributed by atoms with Gasteiger partial charge < -0.3 is 16.4 Å². The number of nitrogens with two attached hydrogens (primary N) is 2. The van der Waals surface area contributed by atoms with Crippen molar-refractivity contribution in [3.8, 4) is 0 Å². The average molecular weight is 424 g/mol. The normalized spacial score (nSPS) is 44.9. The molecule has 2 unspecified atom stereocenters. The van der Waals surface area contributed by atoms with Crippen LogP contribution in [0.4, 0.5) is 0 Å². The molecule has 4 N–H and O–H groups in total. The van der Waals surface area contributed by atoms with Crippen molar-refractivity contribution in [2.24, 2.45) is 40.6 Å². The van der Waals surface area contributed by atoms with Gasteiger partial charge in [0.15, 0.2) is 5.78 Å². The van der Waals surface area contributed by atoms with E-state index < -0.39 is 0 Å². The number of likely N-dealkylation sites (N-methyl/N-ethyl adjacent to an activating group) is 1. The Morgan fingerprint density at radius 2 is 1.77 bits per heavy atom. The number of piperidine rings is 1. The number of benzene rings is 1. The van der Waals surface area contributed by atoms with Crippen molar-refractivity contribution in [2.45, 2.75) is 76.3 Å². The van der Waals surface area contributed by atoms with Crippen LogP contribution in [0.2, 0.25) is 0 Å². The number of likely N-dealkylation sites (tertiary alicyclic amines) is 1. The number of ketones is 1. The minimum absolute atomic E-state index is 0.109. The van der Waals surface area contributed by atoms with E-state index in [9.17, 15) is 4.79 Å². The van der Waals surface area contributed by atoms with Crippen LogP contribution in [0.3, 0.4) is 0 Å². The zero-order valence-corrected chi connectivity index (χ0v) is 19.7. The number of carbonyl (C=O) groups is 1. The van der Waals surface area contributed by atoms with Gasteiger partial charge in [0, 0.05) is 29.1 Å². The first-order valence-corrected chi connectivity index (χ1v) is 12.6. The van der Waals surface area contributed by atoms with Crippen LogP contribution in [0.15, 0.2) is 24.3 Å². The highest BCUT2D eigenvalue weighted by Gasteiger charge is 2.64. The molecule has 4 nitrogen and oxygen atoms in total. The van der Waals surface area contributed by atoms with E-state index >= 15 is 0 Å². The summed E-state index contributed by atoms with van der Waals surface area (Å²) in [5, 5.41) is 0. The molecule has 1 heterocycles. The molecule has 7 atom stereocenters. The van der Waals surface area contributed by atoms with Crippen LogP contribution in [-0.2, 0) is 6.42 Å². The van der Waals surface area contributed by atoms with Crippen molar-refractivity contribution in [1.82, 2.24) is 4.90 Å². The number of aryl methyl sites for hydroxylation is 1. The molecule has 1 aromatic rings. The van der Waals surface area contributed by atoms with Crippen molar-refractivity contribution in [2.75, 3.05) is 20.1 Å². The lowest BCUT2D eigenvalue weighted by Gasteiger charge is -2.64. The van der Waals surface area contributed by atoms with Gasteiger partial charge in [0.1, 0.15) is 0 Å². The maximum Gasteiger partial charge on any atom is 0.166 e. The molecule has 5 rings (SSSR count). The second-order valence-electron chi connectivity index (χ2n) is 11.7. The monoisotopic (exact) mass is 423 g/mol. The van der Waals surface area contributed by atoms with E-state index in [1.807, 2.05) is 0 Å². The quantitative estimate of drug-likeness (QED) is 0.721. The summed E-state index contributed by atoms with van der Waals surface area (Å²) in [7, 11) is 2.18. The largest absolute Gasteiger partial charge is 0.323 e. The van der Waals surface area contributed by atoms with Gasteiger partial charge in [-0.15, -0.1) is 0 Å². The maximum absolute atomic E-state index is 13.6. The topological polar surface area (TPSA) is 72.4 Å². The van der Waals surface area contributed by atoms with Gasteiger partial charge in [0.2, 0.25) is 0 Å². The average Bonchev–Trinajstić information content (AvgIpc) is 3.11. The van der Waals surface area contributed by atoms with E-state index in [1.165, 1.54) is 18.4 Å². The Bertz CT molecular complexity index is 853. The molecule has 170 valence electrons. The zero-order chi connectivity index (χ0) is 22.0. The van der Waals surface area contributed by atoms with E-state index in [2.05, 4.69) is 50.1 Å². The van der Waals surface area contributed by atoms with Crippen molar-refractivity contribution in [3.05, 3.63) is 35.4 Å². The summed E-state index contributed by atoms with van der Waals surface area (Å²) in [6.45, 7) is 6.55. The molecule has 1 aliphatic heterocycles. The van der Waals surface area contributed by atoms with Gasteiger partial charge in [0.05, 0.1) is 0 Å². The number of hydrogen-bond acceptors (Lipinski definition) is 4. The molecule has 0 aromatic heterocycles. The molecule has 0 spiro atoms. The van der Waals surface area contributed by atoms with Crippen LogP contribution in [-0.4, -0.2) is 41.9 Å². The predicted molar refractivity (Wildman–Crippen MR) is 126 cm³/mol. The molecule has 3 aliphatic carbocycles. The lowest BCUT2D eigenvalue weighted by atomic mass is 9.46. The number of hydrogen-bond donors (Lipinski definition) is 2. The lowest BCUT2D eigenvalue weighted by molar-refractivity contribution is -0.0915. The van der Waals surface area contributed by atoms with E-state index in [4.69, 9.17) is 11.5 Å². The predicted octanol–water partition coefficient (Wildman–Crippen LogP) is 4.01. The number of carbonyl (C=O) groups excluding carboxylic acids is 1. The summed E-state index contributed by atoms with van der Waals surface area (Å²) in [4.78, 5) is 16.0. The molecule has 0 bridgehead atoms. The fraction of sp³-hybridized carbons (Fsp3) is 0.741. The fourth-order valence-corrected chi connectivity index (χ4v) is 8.49. The van der Waals surface area contributed by atoms with Crippen molar-refractivity contribution < 1.29 is 4.79 Å². The summed E-state index contributed by atoms with van der Waals surface area (Å²) in [6, 6.07) is 8.36. The Balaban J connectivity index is 1.40. The molecule has 4 fully saturated rings. The van der Waals surface area contributed by atoms with Crippen molar-refractivity contribution in [3.63, 3.8) is 0 Å². The van der Waals surface area contributed by atoms with Gasteiger partial charge in [-0.2, -0.15) is 0 Å². The van der Waals surface area contributed by atoms with Crippen LogP contribution in [0.25, 0.3) is 0 Å². The summed E-state index contributed by atoms with van der Waals surface area (Å²) in [5.41, 5.74) is 16.1. The Hall–Kier alpha value is -1.23. The molecule has 0 radical (unpaired) electrons. The molecular weight excluding hydrogens is 382 g/mol. The first kappa shape index (κ1) is 21.6. The standard InChI is InChI=1S/C27H41N3O/c1-4-18-5-7-19(8-6-18)24(31)23-10-9-21-20-11-14-26(28)17-30(3)16-15-27(26,29)22(20)12-13-25(21,23)2/h5-8,20-23H,4,9-17,28-29H2,1-3H3/t20-,21?,22?,23+,25-,26-,27-/m0/s1. The van der Waals surface area contributed by atoms with Gasteiger partial charge >= 0.3 is 0 Å². The molecule has 1 saturated heterocycles. The smallest absolute Gasteiger partial charge is 0.166 e. The summed E-state index contributed by atoms with van der Waals surface area (Å²) < 4.78 is 0. The van der Waals surface area contributed by atoms with Crippen LogP contribution < -0.4 is 11.5 Å². The Kier molecular flexibility index (Phi) is 5.16. The third kappa shape index (κ3) is 3.08. The lowest BCUT2D eigenvalue weighted by Crippen LogP contribution is -2.79. The third-order valence-corrected chi connectivity index (χ3v) is 10.4. The summed E-state index contributed by atoms with van der Waals surface area (Å²) >= 11 is 0.